The summed E-state index contributed by atoms with van der Waals surface area (Å²) in [5, 5.41) is 0.228. The minimum absolute atomic E-state index is 0.122. The van der Waals surface area contributed by atoms with Gasteiger partial charge in [0.25, 0.3) is 0 Å². The first-order valence-electron chi connectivity index (χ1n) is 10.0. The normalized spacial score (nSPS) is 19.8. The van der Waals surface area contributed by atoms with E-state index < -0.39 is 15.4 Å². The van der Waals surface area contributed by atoms with Crippen molar-refractivity contribution >= 4 is 33.2 Å². The monoisotopic (exact) mass is 432 g/mol. The molecule has 5 nitrogen and oxygen atoms in total. The van der Waals surface area contributed by atoms with Crippen molar-refractivity contribution in [2.75, 3.05) is 24.5 Å². The van der Waals surface area contributed by atoms with E-state index in [1.807, 2.05) is 17.0 Å². The molecular formula is C22H25ClN2O3S. The second-order valence-corrected chi connectivity index (χ2v) is 10.2. The van der Waals surface area contributed by atoms with E-state index in [9.17, 15) is 13.2 Å². The first kappa shape index (κ1) is 20.4. The number of carbonyl (C=O) groups is 1. The number of benzene rings is 2. The number of amides is 1. The number of hydrogen-bond acceptors (Lipinski definition) is 3. The van der Waals surface area contributed by atoms with Crippen molar-refractivity contribution in [1.29, 1.82) is 0 Å². The number of piperidine rings is 1. The zero-order valence-electron chi connectivity index (χ0n) is 16.5. The number of rotatable bonds is 4. The van der Waals surface area contributed by atoms with Crippen molar-refractivity contribution < 1.29 is 13.2 Å². The van der Waals surface area contributed by atoms with Crippen LogP contribution < -0.4 is 4.90 Å². The molecule has 2 aliphatic heterocycles. The average molecular weight is 433 g/mol. The number of halogens is 1. The second-order valence-electron chi connectivity index (χ2n) is 7.84. The quantitative estimate of drug-likeness (QED) is 0.730. The van der Waals surface area contributed by atoms with Crippen LogP contribution in [0.1, 0.15) is 31.7 Å². The summed E-state index contributed by atoms with van der Waals surface area (Å²) in [7, 11) is -3.65. The van der Waals surface area contributed by atoms with Crippen molar-refractivity contribution in [1.82, 2.24) is 4.31 Å². The summed E-state index contributed by atoms with van der Waals surface area (Å²) in [6.07, 6.45) is 2.81. The van der Waals surface area contributed by atoms with Gasteiger partial charge in [0.05, 0.1) is 10.4 Å². The maximum Gasteiger partial charge on any atom is 0.244 e. The van der Waals surface area contributed by atoms with Crippen molar-refractivity contribution in [3.05, 3.63) is 59.1 Å². The van der Waals surface area contributed by atoms with Crippen molar-refractivity contribution in [3.8, 4) is 0 Å². The molecule has 154 valence electrons. The van der Waals surface area contributed by atoms with Crippen LogP contribution in [-0.2, 0) is 21.2 Å². The third-order valence-electron chi connectivity index (χ3n) is 6.30. The summed E-state index contributed by atoms with van der Waals surface area (Å²) in [5.41, 5.74) is 1.71. The van der Waals surface area contributed by atoms with E-state index in [0.717, 1.165) is 18.5 Å². The minimum Gasteiger partial charge on any atom is -0.312 e. The van der Waals surface area contributed by atoms with Crippen LogP contribution in [0.25, 0.3) is 0 Å². The Hall–Kier alpha value is -1.89. The lowest BCUT2D eigenvalue weighted by molar-refractivity contribution is -0.127. The molecule has 0 saturated carbocycles. The first-order valence-corrected chi connectivity index (χ1v) is 11.8. The molecule has 2 fully saturated rings. The van der Waals surface area contributed by atoms with Crippen LogP contribution in [0.15, 0.2) is 53.4 Å². The van der Waals surface area contributed by atoms with Crippen LogP contribution in [0.2, 0.25) is 5.02 Å². The molecule has 1 spiro atoms. The second kappa shape index (κ2) is 7.74. The largest absolute Gasteiger partial charge is 0.312 e. The first-order chi connectivity index (χ1) is 13.9. The van der Waals surface area contributed by atoms with Gasteiger partial charge in [-0.2, -0.15) is 4.31 Å². The van der Waals surface area contributed by atoms with Gasteiger partial charge in [-0.25, -0.2) is 8.42 Å². The molecule has 2 aromatic rings. The Morgan fingerprint density at radius 3 is 2.21 bits per heavy atom. The van der Waals surface area contributed by atoms with E-state index >= 15 is 0 Å². The van der Waals surface area contributed by atoms with E-state index in [0.29, 0.717) is 32.5 Å². The molecule has 2 saturated heterocycles. The SMILES string of the molecule is CCc1ccc(N2CCC3(CCN(S(=O)(=O)c4ccccc4Cl)CC3)C2=O)cc1. The Morgan fingerprint density at radius 2 is 1.59 bits per heavy atom. The molecule has 0 N–H and O–H groups in total. The molecular weight excluding hydrogens is 408 g/mol. The molecule has 2 heterocycles. The van der Waals surface area contributed by atoms with Crippen LogP contribution in [0, 0.1) is 5.41 Å². The number of anilines is 1. The zero-order chi connectivity index (χ0) is 20.6. The van der Waals surface area contributed by atoms with Gasteiger partial charge in [0.15, 0.2) is 0 Å². The van der Waals surface area contributed by atoms with Gasteiger partial charge in [-0.1, -0.05) is 42.8 Å². The minimum atomic E-state index is -3.65. The summed E-state index contributed by atoms with van der Waals surface area (Å²) in [5.74, 6) is 0.122. The molecule has 7 heteroatoms. The maximum absolute atomic E-state index is 13.3. The van der Waals surface area contributed by atoms with Gasteiger partial charge in [-0.3, -0.25) is 4.79 Å². The molecule has 0 aromatic heterocycles. The maximum atomic E-state index is 13.3. The molecule has 1 amide bonds. The highest BCUT2D eigenvalue weighted by atomic mass is 35.5. The van der Waals surface area contributed by atoms with Gasteiger partial charge >= 0.3 is 0 Å². The Morgan fingerprint density at radius 1 is 0.966 bits per heavy atom. The topological polar surface area (TPSA) is 57.7 Å². The van der Waals surface area contributed by atoms with Crippen LogP contribution in [0.3, 0.4) is 0 Å². The number of carbonyl (C=O) groups excluding carboxylic acids is 1. The molecule has 2 aromatic carbocycles. The molecule has 29 heavy (non-hydrogen) atoms. The summed E-state index contributed by atoms with van der Waals surface area (Å²) >= 11 is 6.11. The predicted octanol–water partition coefficient (Wildman–Crippen LogP) is 4.11. The van der Waals surface area contributed by atoms with Gasteiger partial charge in [-0.05, 0) is 55.5 Å². The third kappa shape index (κ3) is 3.58. The molecule has 0 bridgehead atoms. The summed E-state index contributed by atoms with van der Waals surface area (Å²) in [6, 6.07) is 14.6. The number of nitrogens with zero attached hydrogens (tertiary/aromatic N) is 2. The third-order valence-corrected chi connectivity index (χ3v) is 8.70. The van der Waals surface area contributed by atoms with Gasteiger partial charge in [-0.15, -0.1) is 0 Å². The molecule has 0 atom stereocenters. The van der Waals surface area contributed by atoms with Crippen molar-refractivity contribution in [2.45, 2.75) is 37.5 Å². The summed E-state index contributed by atoms with van der Waals surface area (Å²) < 4.78 is 27.4. The van der Waals surface area contributed by atoms with E-state index in [4.69, 9.17) is 11.6 Å². The van der Waals surface area contributed by atoms with Crippen LogP contribution in [0.5, 0.6) is 0 Å². The van der Waals surface area contributed by atoms with Gasteiger partial charge < -0.3 is 4.90 Å². The van der Waals surface area contributed by atoms with E-state index in [2.05, 4.69) is 19.1 Å². The van der Waals surface area contributed by atoms with E-state index in [-0.39, 0.29) is 15.8 Å². The van der Waals surface area contributed by atoms with Crippen molar-refractivity contribution in [2.24, 2.45) is 5.41 Å². The standard InChI is InChI=1S/C22H25ClN2O3S/c1-2-17-7-9-18(10-8-17)25-16-13-22(21(25)26)11-14-24(15-12-22)29(27,28)20-6-4-3-5-19(20)23/h3-10H,2,11-16H2,1H3. The smallest absolute Gasteiger partial charge is 0.244 e. The lowest BCUT2D eigenvalue weighted by Gasteiger charge is -2.37. The summed E-state index contributed by atoms with van der Waals surface area (Å²) in [6.45, 7) is 3.46. The molecule has 0 aliphatic carbocycles. The fourth-order valence-corrected chi connectivity index (χ4v) is 6.32. The summed E-state index contributed by atoms with van der Waals surface area (Å²) in [4.78, 5) is 15.2. The Kier molecular flexibility index (Phi) is 5.44. The Bertz CT molecular complexity index is 1010. The van der Waals surface area contributed by atoms with Gasteiger partial charge in [0.1, 0.15) is 4.90 Å². The highest BCUT2D eigenvalue weighted by molar-refractivity contribution is 7.89. The highest BCUT2D eigenvalue weighted by Gasteiger charge is 2.49. The van der Waals surface area contributed by atoms with Crippen LogP contribution in [-0.4, -0.2) is 38.3 Å². The molecule has 0 unspecified atom stereocenters. The molecule has 4 rings (SSSR count). The predicted molar refractivity (Wildman–Crippen MR) is 115 cm³/mol. The molecule has 2 aliphatic rings. The van der Waals surface area contributed by atoms with Crippen molar-refractivity contribution in [3.63, 3.8) is 0 Å². The fraction of sp³-hybridized carbons (Fsp3) is 0.409. The lowest BCUT2D eigenvalue weighted by atomic mass is 9.77. The number of aryl methyl sites for hydroxylation is 1. The number of hydrogen-bond donors (Lipinski definition) is 0. The molecule has 0 radical (unpaired) electrons. The zero-order valence-corrected chi connectivity index (χ0v) is 18.0. The van der Waals surface area contributed by atoms with E-state index in [1.54, 1.807) is 18.2 Å². The van der Waals surface area contributed by atoms with Crippen LogP contribution >= 0.6 is 11.6 Å². The fourth-order valence-electron chi connectivity index (χ4n) is 4.39. The Balaban J connectivity index is 1.49. The average Bonchev–Trinajstić information content (AvgIpc) is 3.04. The highest BCUT2D eigenvalue weighted by Crippen LogP contribution is 2.44. The number of sulfonamides is 1. The Labute approximate surface area is 177 Å². The van der Waals surface area contributed by atoms with E-state index in [1.165, 1.54) is 15.9 Å². The van der Waals surface area contributed by atoms with Gasteiger partial charge in [0.2, 0.25) is 15.9 Å². The lowest BCUT2D eigenvalue weighted by Crippen LogP contribution is -2.46. The van der Waals surface area contributed by atoms with Gasteiger partial charge in [0, 0.05) is 25.3 Å². The van der Waals surface area contributed by atoms with Crippen LogP contribution in [0.4, 0.5) is 5.69 Å².